The first-order valence-electron chi connectivity index (χ1n) is 29.0. The van der Waals surface area contributed by atoms with E-state index in [9.17, 15) is 0 Å². The fourth-order valence-corrected chi connectivity index (χ4v) is 14.3. The van der Waals surface area contributed by atoms with Crippen LogP contribution in [0.1, 0.15) is 0 Å². The summed E-state index contributed by atoms with van der Waals surface area (Å²) in [6.45, 7) is 8.45. The summed E-state index contributed by atoms with van der Waals surface area (Å²) in [5.74, 6) is 0. The minimum atomic E-state index is 0.575. The van der Waals surface area contributed by atoms with Crippen LogP contribution in [0.15, 0.2) is 291 Å². The molecule has 13 aromatic carbocycles. The summed E-state index contributed by atoms with van der Waals surface area (Å²) in [6.07, 6.45) is 0. The van der Waals surface area contributed by atoms with Crippen LogP contribution in [0.4, 0.5) is 5.69 Å². The molecule has 85 heavy (non-hydrogen) atoms. The van der Waals surface area contributed by atoms with E-state index in [-0.39, 0.29) is 0 Å². The van der Waals surface area contributed by atoms with Crippen molar-refractivity contribution in [2.45, 2.75) is 0 Å². The Kier molecular flexibility index (Phi) is 10.1. The molecule has 5 heterocycles. The number of nitrogens with zero attached hydrogens (tertiary/aromatic N) is 6. The third-order valence-electron chi connectivity index (χ3n) is 17.9. The molecular weight excluding hydrogens is 1030 g/mol. The molecule has 0 saturated heterocycles. The highest BCUT2D eigenvalue weighted by Crippen LogP contribution is 2.51. The van der Waals surface area contributed by atoms with Gasteiger partial charge in [-0.3, -0.25) is 0 Å². The summed E-state index contributed by atoms with van der Waals surface area (Å²) in [5, 5.41) is 11.7. The highest BCUT2D eigenvalue weighted by atomic mass is 15.1. The fourth-order valence-electron chi connectivity index (χ4n) is 14.3. The molecule has 0 bridgehead atoms. The van der Waals surface area contributed by atoms with E-state index < -0.39 is 0 Å². The second-order valence-electron chi connectivity index (χ2n) is 22.3. The molecule has 0 N–H and O–H groups in total. The molecule has 0 aliphatic heterocycles. The summed E-state index contributed by atoms with van der Waals surface area (Å²) in [7, 11) is 0. The summed E-state index contributed by atoms with van der Waals surface area (Å²) in [6, 6.07) is 106. The first-order valence-corrected chi connectivity index (χ1v) is 29.0. The standard InChI is InChI=1S/C79H48N6/c1-80-53-23-21-22-52(46-53)63-49-76(82-67-35-14-5-26-55(67)56-27-6-15-36-68(56)82)78(79(85-71-39-18-9-30-59(71)60-31-10-19-40-72(60)85)77(63)83-69-37-16-7-28-57(69)58-29-8-17-38-70(58)83)84-73-41-20-12-33-62(73)65-48-51(43-45-75(65)84)50-42-44-74-64(47-50)61-32-11-13-34-66(61)81(74)54-24-3-2-4-25-54/h2-49H. The first-order chi connectivity index (χ1) is 42.2. The lowest BCUT2D eigenvalue weighted by Crippen LogP contribution is -2.14. The average Bonchev–Trinajstić information content (AvgIpc) is 1.75. The largest absolute Gasteiger partial charge is 0.309 e. The van der Waals surface area contributed by atoms with Gasteiger partial charge in [-0.05, 0) is 114 Å². The lowest BCUT2D eigenvalue weighted by molar-refractivity contribution is 1.02. The predicted molar refractivity (Wildman–Crippen MR) is 355 cm³/mol. The zero-order chi connectivity index (χ0) is 55.9. The van der Waals surface area contributed by atoms with Gasteiger partial charge in [-0.15, -0.1) is 0 Å². The molecule has 18 rings (SSSR count). The zero-order valence-electron chi connectivity index (χ0n) is 45.9. The van der Waals surface area contributed by atoms with Crippen LogP contribution in [-0.2, 0) is 0 Å². The van der Waals surface area contributed by atoms with Crippen molar-refractivity contribution < 1.29 is 0 Å². The quantitative estimate of drug-likeness (QED) is 0.142. The van der Waals surface area contributed by atoms with E-state index >= 15 is 0 Å². The normalized spacial score (nSPS) is 12.0. The number of hydrogen-bond donors (Lipinski definition) is 0. The van der Waals surface area contributed by atoms with Gasteiger partial charge >= 0.3 is 0 Å². The maximum atomic E-state index is 8.45. The fraction of sp³-hybridized carbons (Fsp3) is 0. The van der Waals surface area contributed by atoms with E-state index in [1.165, 1.54) is 32.6 Å². The molecule has 0 aliphatic carbocycles. The molecule has 0 aliphatic rings. The Hall–Kier alpha value is -11.7. The lowest BCUT2D eigenvalue weighted by atomic mass is 9.97. The van der Waals surface area contributed by atoms with Crippen LogP contribution >= 0.6 is 0 Å². The molecule has 6 nitrogen and oxygen atoms in total. The Balaban J connectivity index is 1.05. The summed E-state index contributed by atoms with van der Waals surface area (Å²) in [4.78, 5) is 4.08. The van der Waals surface area contributed by atoms with Gasteiger partial charge in [0.1, 0.15) is 0 Å². The van der Waals surface area contributed by atoms with Crippen LogP contribution in [0.25, 0.3) is 165 Å². The van der Waals surface area contributed by atoms with E-state index in [0.717, 1.165) is 127 Å². The molecule has 18 aromatic rings. The number of benzene rings is 13. The maximum Gasteiger partial charge on any atom is 0.187 e. The van der Waals surface area contributed by atoms with E-state index in [1.54, 1.807) is 0 Å². The number of rotatable bonds is 7. The van der Waals surface area contributed by atoms with Gasteiger partial charge in [-0.25, -0.2) is 4.85 Å². The molecule has 6 heteroatoms. The SMILES string of the molecule is [C-]#[N+]c1cccc(-c2cc(-n3c4ccccc4c4ccccc43)c(-n3c4ccccc4c4cc(-c5ccc6c(c5)c5ccccc5n6-c5ccccc5)ccc43)c(-n3c4ccccc4c4ccccc43)c2-n2c3ccccc3c3ccccc32)c1. The average molecular weight is 1080 g/mol. The van der Waals surface area contributed by atoms with Crippen molar-refractivity contribution in [1.29, 1.82) is 0 Å². The minimum Gasteiger partial charge on any atom is -0.309 e. The molecule has 0 atom stereocenters. The molecule has 394 valence electrons. The number of fused-ring (bicyclic) bond motifs is 15. The number of para-hydroxylation sites is 9. The van der Waals surface area contributed by atoms with Crippen molar-refractivity contribution in [1.82, 2.24) is 22.8 Å². The zero-order valence-corrected chi connectivity index (χ0v) is 45.9. The van der Waals surface area contributed by atoms with E-state index in [0.29, 0.717) is 5.69 Å². The predicted octanol–water partition coefficient (Wildman–Crippen LogP) is 21.1. The van der Waals surface area contributed by atoms with E-state index in [1.807, 2.05) is 12.1 Å². The van der Waals surface area contributed by atoms with Crippen LogP contribution in [0.5, 0.6) is 0 Å². The van der Waals surface area contributed by atoms with Crippen molar-refractivity contribution in [2.75, 3.05) is 0 Å². The van der Waals surface area contributed by atoms with E-state index in [4.69, 9.17) is 6.57 Å². The number of hydrogen-bond acceptors (Lipinski definition) is 0. The van der Waals surface area contributed by atoms with Gasteiger partial charge < -0.3 is 22.8 Å². The van der Waals surface area contributed by atoms with Gasteiger partial charge in [0.15, 0.2) is 5.69 Å². The van der Waals surface area contributed by atoms with Gasteiger partial charge in [0.25, 0.3) is 0 Å². The molecule has 0 fully saturated rings. The van der Waals surface area contributed by atoms with Gasteiger partial charge in [-0.1, -0.05) is 194 Å². The van der Waals surface area contributed by atoms with Crippen LogP contribution in [0, 0.1) is 6.57 Å². The molecule has 0 amide bonds. The lowest BCUT2D eigenvalue weighted by Gasteiger charge is -2.28. The topological polar surface area (TPSA) is 29.0 Å². The molecule has 0 unspecified atom stereocenters. The summed E-state index contributed by atoms with van der Waals surface area (Å²) in [5.41, 5.74) is 21.0. The molecule has 0 spiro atoms. The third-order valence-corrected chi connectivity index (χ3v) is 17.9. The minimum absolute atomic E-state index is 0.575. The Bertz CT molecular complexity index is 5710. The van der Waals surface area contributed by atoms with Crippen LogP contribution in [0.3, 0.4) is 0 Å². The monoisotopic (exact) mass is 1080 g/mol. The van der Waals surface area contributed by atoms with Crippen molar-refractivity contribution in [3.8, 4) is 50.7 Å². The summed E-state index contributed by atoms with van der Waals surface area (Å²) >= 11 is 0. The Morgan fingerprint density at radius 2 is 0.565 bits per heavy atom. The Morgan fingerprint density at radius 3 is 1.00 bits per heavy atom. The second kappa shape index (κ2) is 18.2. The Labute approximate surface area is 488 Å². The van der Waals surface area contributed by atoms with E-state index in [2.05, 4.69) is 307 Å². The van der Waals surface area contributed by atoms with Crippen molar-refractivity contribution in [3.63, 3.8) is 0 Å². The van der Waals surface area contributed by atoms with Gasteiger partial charge in [0.2, 0.25) is 0 Å². The summed E-state index contributed by atoms with van der Waals surface area (Å²) < 4.78 is 12.5. The first kappa shape index (κ1) is 47.0. The van der Waals surface area contributed by atoms with Gasteiger partial charge in [-0.2, -0.15) is 0 Å². The second-order valence-corrected chi connectivity index (χ2v) is 22.3. The molecule has 5 aromatic heterocycles. The van der Waals surface area contributed by atoms with Crippen molar-refractivity contribution >= 4 is 115 Å². The van der Waals surface area contributed by atoms with Crippen LogP contribution in [-0.4, -0.2) is 22.8 Å². The smallest absolute Gasteiger partial charge is 0.187 e. The van der Waals surface area contributed by atoms with Gasteiger partial charge in [0.05, 0.1) is 84.5 Å². The van der Waals surface area contributed by atoms with Crippen LogP contribution in [0.2, 0.25) is 0 Å². The third kappa shape index (κ3) is 6.75. The molecular formula is C79H48N6. The van der Waals surface area contributed by atoms with Gasteiger partial charge in [0, 0.05) is 65.1 Å². The molecule has 0 radical (unpaired) electrons. The highest BCUT2D eigenvalue weighted by Gasteiger charge is 2.32. The highest BCUT2D eigenvalue weighted by molar-refractivity contribution is 6.18. The van der Waals surface area contributed by atoms with Crippen LogP contribution < -0.4 is 0 Å². The molecule has 0 saturated carbocycles. The number of aromatic nitrogens is 5. The van der Waals surface area contributed by atoms with Crippen molar-refractivity contribution in [3.05, 3.63) is 303 Å². The van der Waals surface area contributed by atoms with Crippen molar-refractivity contribution in [2.24, 2.45) is 0 Å². The maximum absolute atomic E-state index is 8.45. The Morgan fingerprint density at radius 1 is 0.224 bits per heavy atom.